The molecule has 0 atom stereocenters. The minimum atomic E-state index is -3.58. The van der Waals surface area contributed by atoms with E-state index in [4.69, 9.17) is 0 Å². The number of rotatable bonds is 6. The van der Waals surface area contributed by atoms with E-state index >= 15 is 0 Å². The highest BCUT2D eigenvalue weighted by Gasteiger charge is 2.19. The Kier molecular flexibility index (Phi) is 5.72. The molecule has 0 saturated carbocycles. The molecule has 1 N–H and O–H groups in total. The fraction of sp³-hybridized carbons (Fsp3) is 0.318. The van der Waals surface area contributed by atoms with Gasteiger partial charge in [-0.1, -0.05) is 42.0 Å². The Balaban J connectivity index is 1.77. The molecule has 6 heteroatoms. The van der Waals surface area contributed by atoms with E-state index in [0.717, 1.165) is 39.2 Å². The summed E-state index contributed by atoms with van der Waals surface area (Å²) in [5, 5.41) is 4.49. The van der Waals surface area contributed by atoms with Crippen LogP contribution in [0.3, 0.4) is 0 Å². The van der Waals surface area contributed by atoms with Crippen LogP contribution in [0.1, 0.15) is 39.2 Å². The van der Waals surface area contributed by atoms with Gasteiger partial charge in [-0.15, -0.1) is 0 Å². The molecular weight excluding hydrogens is 370 g/mol. The van der Waals surface area contributed by atoms with Gasteiger partial charge in [0.1, 0.15) is 0 Å². The maximum absolute atomic E-state index is 12.9. The third-order valence-corrected chi connectivity index (χ3v) is 6.47. The van der Waals surface area contributed by atoms with Crippen LogP contribution in [-0.2, 0) is 23.1 Å². The predicted octanol–water partition coefficient (Wildman–Crippen LogP) is 3.95. The third-order valence-electron chi connectivity index (χ3n) is 4.77. The Morgan fingerprint density at radius 3 is 2.18 bits per heavy atom. The highest BCUT2D eigenvalue weighted by atomic mass is 32.2. The number of aryl methyl sites for hydroxylation is 5. The van der Waals surface area contributed by atoms with Gasteiger partial charge < -0.3 is 0 Å². The van der Waals surface area contributed by atoms with Crippen LogP contribution >= 0.6 is 0 Å². The van der Waals surface area contributed by atoms with Crippen molar-refractivity contribution >= 4 is 10.0 Å². The fourth-order valence-corrected chi connectivity index (χ4v) is 5.15. The summed E-state index contributed by atoms with van der Waals surface area (Å²) >= 11 is 0. The fourth-order valence-electron chi connectivity index (χ4n) is 3.69. The van der Waals surface area contributed by atoms with E-state index in [9.17, 15) is 8.42 Å². The molecule has 28 heavy (non-hydrogen) atoms. The van der Waals surface area contributed by atoms with Gasteiger partial charge in [-0.2, -0.15) is 5.10 Å². The zero-order valence-electron chi connectivity index (χ0n) is 17.1. The number of nitrogens with zero attached hydrogens (tertiary/aromatic N) is 2. The van der Waals surface area contributed by atoms with Crippen molar-refractivity contribution in [2.75, 3.05) is 0 Å². The summed E-state index contributed by atoms with van der Waals surface area (Å²) in [6, 6.07) is 13.8. The summed E-state index contributed by atoms with van der Waals surface area (Å²) in [6.07, 6.45) is 0. The van der Waals surface area contributed by atoms with Crippen LogP contribution in [0.25, 0.3) is 0 Å². The van der Waals surface area contributed by atoms with E-state index < -0.39 is 10.0 Å². The Hall–Kier alpha value is -2.44. The number of hydrogen-bond donors (Lipinski definition) is 1. The molecule has 0 aliphatic heterocycles. The molecule has 3 rings (SSSR count). The molecule has 0 aliphatic carbocycles. The minimum absolute atomic E-state index is 0.250. The Morgan fingerprint density at radius 1 is 0.929 bits per heavy atom. The zero-order valence-corrected chi connectivity index (χ0v) is 17.9. The molecule has 2 aromatic carbocycles. The topological polar surface area (TPSA) is 64.0 Å². The lowest BCUT2D eigenvalue weighted by Crippen LogP contribution is -2.25. The highest BCUT2D eigenvalue weighted by Crippen LogP contribution is 2.22. The van der Waals surface area contributed by atoms with Gasteiger partial charge in [0.05, 0.1) is 17.1 Å². The molecule has 5 nitrogen and oxygen atoms in total. The van der Waals surface area contributed by atoms with Gasteiger partial charge >= 0.3 is 0 Å². The van der Waals surface area contributed by atoms with Crippen molar-refractivity contribution in [2.45, 2.75) is 52.6 Å². The van der Waals surface area contributed by atoms with E-state index in [-0.39, 0.29) is 6.54 Å². The van der Waals surface area contributed by atoms with Gasteiger partial charge in [-0.05, 0) is 62.9 Å². The summed E-state index contributed by atoms with van der Waals surface area (Å²) in [4.78, 5) is 0.372. The van der Waals surface area contributed by atoms with Crippen molar-refractivity contribution in [3.8, 4) is 0 Å². The molecule has 3 aromatic rings. The number of benzene rings is 2. The molecule has 0 aliphatic rings. The van der Waals surface area contributed by atoms with Gasteiger partial charge in [0.2, 0.25) is 10.0 Å². The van der Waals surface area contributed by atoms with Crippen LogP contribution < -0.4 is 4.72 Å². The van der Waals surface area contributed by atoms with Crippen molar-refractivity contribution in [1.29, 1.82) is 0 Å². The van der Waals surface area contributed by atoms with Crippen molar-refractivity contribution in [1.82, 2.24) is 14.5 Å². The summed E-state index contributed by atoms with van der Waals surface area (Å²) < 4.78 is 30.4. The average Bonchev–Trinajstić information content (AvgIpc) is 2.89. The molecule has 0 fully saturated rings. The maximum atomic E-state index is 12.9. The SMILES string of the molecule is Cc1cc(C)c(S(=O)(=O)NCc2cccc(Cn3nc(C)cc3C)c2)c(C)c1. The number of nitrogens with one attached hydrogen (secondary N) is 1. The van der Waals surface area contributed by atoms with E-state index in [1.807, 2.05) is 81.8 Å². The summed E-state index contributed by atoms with van der Waals surface area (Å²) in [7, 11) is -3.58. The Labute approximate surface area is 167 Å². The number of sulfonamides is 1. The number of hydrogen-bond acceptors (Lipinski definition) is 3. The smallest absolute Gasteiger partial charge is 0.241 e. The predicted molar refractivity (Wildman–Crippen MR) is 112 cm³/mol. The minimum Gasteiger partial charge on any atom is -0.265 e. The van der Waals surface area contributed by atoms with Crippen molar-refractivity contribution < 1.29 is 8.42 Å². The van der Waals surface area contributed by atoms with Crippen LogP contribution in [0.15, 0.2) is 47.4 Å². The van der Waals surface area contributed by atoms with E-state index in [1.165, 1.54) is 0 Å². The lowest BCUT2D eigenvalue weighted by molar-refractivity contribution is 0.580. The van der Waals surface area contributed by atoms with E-state index in [1.54, 1.807) is 0 Å². The van der Waals surface area contributed by atoms with E-state index in [0.29, 0.717) is 11.4 Å². The molecule has 0 bridgehead atoms. The lowest BCUT2D eigenvalue weighted by atomic mass is 10.1. The Bertz CT molecular complexity index is 1090. The first-order chi connectivity index (χ1) is 13.2. The summed E-state index contributed by atoms with van der Waals surface area (Å²) in [6.45, 7) is 10.6. The van der Waals surface area contributed by atoms with Crippen LogP contribution in [0.5, 0.6) is 0 Å². The molecular formula is C22H27N3O2S. The number of aromatic nitrogens is 2. The van der Waals surface area contributed by atoms with Gasteiger partial charge in [0.25, 0.3) is 0 Å². The van der Waals surface area contributed by atoms with Crippen molar-refractivity contribution in [3.63, 3.8) is 0 Å². The molecule has 1 heterocycles. The van der Waals surface area contributed by atoms with Crippen LogP contribution in [0.2, 0.25) is 0 Å². The molecule has 1 aromatic heterocycles. The normalized spacial score (nSPS) is 11.8. The standard InChI is InChI=1S/C22H27N3O2S/c1-15-9-16(2)22(17(3)10-15)28(26,27)23-13-20-7-6-8-21(12-20)14-25-19(5)11-18(4)24-25/h6-12,23H,13-14H2,1-5H3. The van der Waals surface area contributed by atoms with Gasteiger partial charge in [-0.25, -0.2) is 13.1 Å². The quantitative estimate of drug-likeness (QED) is 0.685. The van der Waals surface area contributed by atoms with Gasteiger partial charge in [0, 0.05) is 12.2 Å². The van der Waals surface area contributed by atoms with E-state index in [2.05, 4.69) is 9.82 Å². The lowest BCUT2D eigenvalue weighted by Gasteiger charge is -2.13. The molecule has 0 radical (unpaired) electrons. The Morgan fingerprint density at radius 2 is 1.57 bits per heavy atom. The monoisotopic (exact) mass is 397 g/mol. The van der Waals surface area contributed by atoms with Gasteiger partial charge in [0.15, 0.2) is 0 Å². The first kappa shape index (κ1) is 20.3. The molecule has 148 valence electrons. The van der Waals surface area contributed by atoms with Gasteiger partial charge in [-0.3, -0.25) is 4.68 Å². The second kappa shape index (κ2) is 7.89. The van der Waals surface area contributed by atoms with Crippen LogP contribution in [0, 0.1) is 34.6 Å². The van der Waals surface area contributed by atoms with Crippen LogP contribution in [0.4, 0.5) is 0 Å². The third kappa shape index (κ3) is 4.51. The largest absolute Gasteiger partial charge is 0.265 e. The maximum Gasteiger partial charge on any atom is 0.241 e. The van der Waals surface area contributed by atoms with Crippen LogP contribution in [-0.4, -0.2) is 18.2 Å². The first-order valence-corrected chi connectivity index (χ1v) is 10.8. The first-order valence-electron chi connectivity index (χ1n) is 9.32. The molecule has 0 spiro atoms. The molecule has 0 saturated heterocycles. The molecule has 0 amide bonds. The summed E-state index contributed by atoms with van der Waals surface area (Å²) in [5.74, 6) is 0. The zero-order chi connectivity index (χ0) is 20.5. The second-order valence-corrected chi connectivity index (χ2v) is 9.16. The highest BCUT2D eigenvalue weighted by molar-refractivity contribution is 7.89. The van der Waals surface area contributed by atoms with Crippen molar-refractivity contribution in [3.05, 3.63) is 81.7 Å². The van der Waals surface area contributed by atoms with Crippen molar-refractivity contribution in [2.24, 2.45) is 0 Å². The second-order valence-electron chi connectivity index (χ2n) is 7.46. The average molecular weight is 398 g/mol. The summed E-state index contributed by atoms with van der Waals surface area (Å²) in [5.41, 5.74) is 6.70. The molecule has 0 unspecified atom stereocenters.